The van der Waals surface area contributed by atoms with Crippen LogP contribution in [-0.4, -0.2) is 57.2 Å². The summed E-state index contributed by atoms with van der Waals surface area (Å²) in [6.45, 7) is 8.16. The highest BCUT2D eigenvalue weighted by atomic mass is 16.6. The van der Waals surface area contributed by atoms with E-state index < -0.39 is 30.6 Å². The Morgan fingerprint density at radius 1 is 1.24 bits per heavy atom. The summed E-state index contributed by atoms with van der Waals surface area (Å²) in [4.78, 5) is 16.7. The van der Waals surface area contributed by atoms with Crippen LogP contribution in [0.2, 0.25) is 0 Å². The molecule has 2 aliphatic heterocycles. The van der Waals surface area contributed by atoms with Gasteiger partial charge in [-0.2, -0.15) is 0 Å². The van der Waals surface area contributed by atoms with Crippen molar-refractivity contribution >= 4 is 44.7 Å². The molecule has 34 heavy (non-hydrogen) atoms. The molecule has 176 valence electrons. The molecular formula is C26H27N3O5. The van der Waals surface area contributed by atoms with Crippen LogP contribution in [0.3, 0.4) is 0 Å². The number of aromatic nitrogens is 2. The number of nitrogens with one attached hydrogen (secondary N) is 2. The van der Waals surface area contributed by atoms with Gasteiger partial charge in [-0.15, -0.1) is 0 Å². The van der Waals surface area contributed by atoms with Gasteiger partial charge in [0.15, 0.2) is 6.23 Å². The van der Waals surface area contributed by atoms with Gasteiger partial charge in [0.05, 0.1) is 22.7 Å². The molecule has 0 radical (unpaired) electrons. The van der Waals surface area contributed by atoms with Crippen LogP contribution in [0.15, 0.2) is 30.8 Å². The van der Waals surface area contributed by atoms with Crippen molar-refractivity contribution in [3.63, 3.8) is 0 Å². The Balaban J connectivity index is 1.80. The van der Waals surface area contributed by atoms with E-state index in [2.05, 4.69) is 22.9 Å². The summed E-state index contributed by atoms with van der Waals surface area (Å²) in [5.41, 5.74) is 5.90. The van der Waals surface area contributed by atoms with Crippen molar-refractivity contribution in [2.45, 2.75) is 51.0 Å². The monoisotopic (exact) mass is 461 g/mol. The number of para-hydroxylation sites is 1. The van der Waals surface area contributed by atoms with Crippen molar-refractivity contribution in [3.05, 3.63) is 53.2 Å². The highest BCUT2D eigenvalue weighted by Crippen LogP contribution is 2.45. The number of benzene rings is 2. The van der Waals surface area contributed by atoms with E-state index >= 15 is 0 Å². The average Bonchev–Trinajstić information content (AvgIpc) is 3.48. The van der Waals surface area contributed by atoms with E-state index in [4.69, 9.17) is 9.47 Å². The Morgan fingerprint density at radius 3 is 2.74 bits per heavy atom. The maximum atomic E-state index is 13.1. The highest BCUT2D eigenvalue weighted by Gasteiger charge is 2.45. The number of hydrogen-bond acceptors (Lipinski definition) is 5. The van der Waals surface area contributed by atoms with Crippen molar-refractivity contribution < 1.29 is 24.5 Å². The minimum Gasteiger partial charge on any atom is -0.388 e. The van der Waals surface area contributed by atoms with E-state index in [1.807, 2.05) is 29.7 Å². The van der Waals surface area contributed by atoms with E-state index in [0.29, 0.717) is 12.1 Å². The van der Waals surface area contributed by atoms with Gasteiger partial charge in [0.25, 0.3) is 5.91 Å². The molecule has 0 saturated carbocycles. The molecule has 5 atom stereocenters. The van der Waals surface area contributed by atoms with E-state index in [1.165, 1.54) is 7.11 Å². The van der Waals surface area contributed by atoms with Gasteiger partial charge < -0.3 is 34.6 Å². The molecule has 4 aromatic rings. The Hall–Kier alpha value is -3.17. The molecule has 0 spiro atoms. The van der Waals surface area contributed by atoms with Crippen molar-refractivity contribution in [2.75, 3.05) is 7.11 Å². The van der Waals surface area contributed by atoms with Crippen LogP contribution in [0, 0.1) is 6.92 Å². The fraction of sp³-hybridized carbons (Fsp3) is 0.346. The second kappa shape index (κ2) is 7.41. The van der Waals surface area contributed by atoms with Gasteiger partial charge in [-0.3, -0.25) is 4.79 Å². The minimum atomic E-state index is -1.14. The molecule has 8 heteroatoms. The number of hydrogen-bond donors (Lipinski definition) is 4. The summed E-state index contributed by atoms with van der Waals surface area (Å²) in [5, 5.41) is 27.1. The molecule has 0 aliphatic carbocycles. The quantitative estimate of drug-likeness (QED) is 0.375. The lowest BCUT2D eigenvalue weighted by Crippen LogP contribution is -2.55. The molecule has 2 aromatic heterocycles. The second-order valence-corrected chi connectivity index (χ2v) is 9.17. The molecule has 1 saturated heterocycles. The molecular weight excluding hydrogens is 434 g/mol. The maximum absolute atomic E-state index is 13.1. The average molecular weight is 462 g/mol. The highest BCUT2D eigenvalue weighted by molar-refractivity contribution is 6.26. The molecule has 1 amide bonds. The zero-order valence-electron chi connectivity index (χ0n) is 19.3. The van der Waals surface area contributed by atoms with Crippen molar-refractivity contribution in [1.29, 1.82) is 0 Å². The topological polar surface area (TPSA) is 109 Å². The van der Waals surface area contributed by atoms with Gasteiger partial charge in [0.2, 0.25) is 0 Å². The zero-order chi connectivity index (χ0) is 23.9. The number of carbonyl (C=O) groups excluding carboxylic acids is 1. The summed E-state index contributed by atoms with van der Waals surface area (Å²) in [5.74, 6) is -0.121. The Morgan fingerprint density at radius 2 is 2.00 bits per heavy atom. The summed E-state index contributed by atoms with van der Waals surface area (Å²) in [6, 6.07) is 8.03. The number of methoxy groups -OCH3 is 1. The first-order chi connectivity index (χ1) is 16.4. The number of rotatable bonds is 3. The van der Waals surface area contributed by atoms with Crippen molar-refractivity contribution in [2.24, 2.45) is 0 Å². The van der Waals surface area contributed by atoms with E-state index in [9.17, 15) is 15.0 Å². The number of aliphatic hydroxyl groups is 2. The van der Waals surface area contributed by atoms with E-state index in [0.717, 1.165) is 49.5 Å². The first-order valence-corrected chi connectivity index (χ1v) is 11.4. The second-order valence-electron chi connectivity index (χ2n) is 9.17. The van der Waals surface area contributed by atoms with Gasteiger partial charge in [-0.25, -0.2) is 0 Å². The number of aliphatic hydroxyl groups excluding tert-OH is 2. The Kier molecular flexibility index (Phi) is 4.66. The Bertz CT molecular complexity index is 1500. The van der Waals surface area contributed by atoms with Crippen LogP contribution >= 0.6 is 0 Å². The predicted octanol–water partition coefficient (Wildman–Crippen LogP) is 3.12. The fourth-order valence-electron chi connectivity index (χ4n) is 5.87. The molecule has 4 heterocycles. The number of ether oxygens (including phenoxy) is 2. The number of fused-ring (bicyclic) bond motifs is 8. The number of carbonyl (C=O) groups is 1. The van der Waals surface area contributed by atoms with Crippen LogP contribution in [0.4, 0.5) is 0 Å². The number of H-pyrrole nitrogens is 1. The van der Waals surface area contributed by atoms with Gasteiger partial charge >= 0.3 is 0 Å². The first-order valence-electron chi connectivity index (χ1n) is 11.4. The van der Waals surface area contributed by atoms with Gasteiger partial charge in [0, 0.05) is 46.6 Å². The summed E-state index contributed by atoms with van der Waals surface area (Å²) < 4.78 is 13.9. The third-order valence-corrected chi connectivity index (χ3v) is 7.48. The van der Waals surface area contributed by atoms with Crippen LogP contribution in [0.25, 0.3) is 38.8 Å². The lowest BCUT2D eigenvalue weighted by molar-refractivity contribution is -0.246. The molecule has 4 N–H and O–H groups in total. The number of aromatic amines is 1. The summed E-state index contributed by atoms with van der Waals surface area (Å²) >= 11 is 0. The van der Waals surface area contributed by atoms with Crippen LogP contribution in [0.5, 0.6) is 0 Å². The molecule has 0 bridgehead atoms. The third kappa shape index (κ3) is 2.59. The largest absolute Gasteiger partial charge is 0.388 e. The minimum absolute atomic E-state index is 0.121. The van der Waals surface area contributed by atoms with Gasteiger partial charge in [-0.1, -0.05) is 30.9 Å². The fourth-order valence-corrected chi connectivity index (χ4v) is 5.87. The van der Waals surface area contributed by atoms with Crippen molar-refractivity contribution in [3.8, 4) is 0 Å². The van der Waals surface area contributed by atoms with E-state index in [-0.39, 0.29) is 5.91 Å². The van der Waals surface area contributed by atoms with Gasteiger partial charge in [0.1, 0.15) is 18.3 Å². The number of amides is 1. The normalized spacial score (nSPS) is 27.0. The van der Waals surface area contributed by atoms with Gasteiger partial charge in [-0.05, 0) is 25.5 Å². The smallest absolute Gasteiger partial charge is 0.252 e. The lowest BCUT2D eigenvalue weighted by atomic mass is 9.96. The van der Waals surface area contributed by atoms with Crippen molar-refractivity contribution in [1.82, 2.24) is 14.9 Å². The standard InChI is InChI=1S/C26H27N3O5/c1-5-13-11(2)29(26-24(33-4)23(31)22(30)12(3)34-26)21-18(13)19-15(10-27-25(19)32)17-14-8-6-7-9-16(14)28-20(17)21/h5-9,12,22-24,26,28,30-31H,1,10H2,2-4H3,(H,27,32)/t12-,22+,23+,24+,26+/m0/s1. The predicted molar refractivity (Wildman–Crippen MR) is 130 cm³/mol. The summed E-state index contributed by atoms with van der Waals surface area (Å²) in [6.07, 6.45) is -2.63. The zero-order valence-corrected chi connectivity index (χ0v) is 19.3. The summed E-state index contributed by atoms with van der Waals surface area (Å²) in [7, 11) is 1.49. The maximum Gasteiger partial charge on any atom is 0.252 e. The molecule has 2 aliphatic rings. The molecule has 0 unspecified atom stereocenters. The lowest BCUT2D eigenvalue weighted by Gasteiger charge is -2.42. The molecule has 1 fully saturated rings. The Labute approximate surface area is 195 Å². The van der Waals surface area contributed by atoms with Crippen LogP contribution in [0.1, 0.15) is 40.3 Å². The SMILES string of the molecule is C=Cc1c(C)n([C@@H]2O[C@@H](C)[C@@H](O)[C@@H](O)[C@H]2OC)c2c1c1c(c3c4ccccc4[nH]c32)CNC1=O. The molecule has 2 aromatic carbocycles. The first kappa shape index (κ1) is 21.4. The number of nitrogens with zero attached hydrogens (tertiary/aromatic N) is 1. The molecule has 6 rings (SSSR count). The van der Waals surface area contributed by atoms with Crippen LogP contribution in [-0.2, 0) is 16.0 Å². The molecule has 8 nitrogen and oxygen atoms in total. The van der Waals surface area contributed by atoms with E-state index in [1.54, 1.807) is 13.0 Å². The van der Waals surface area contributed by atoms with Crippen LogP contribution < -0.4 is 5.32 Å². The third-order valence-electron chi connectivity index (χ3n) is 7.48.